The molecule has 3 N–H and O–H groups in total. The summed E-state index contributed by atoms with van der Waals surface area (Å²) in [5.41, 5.74) is 8.35. The number of fused-ring (bicyclic) bond motifs is 1. The molecule has 3 aromatic rings. The third-order valence-electron chi connectivity index (χ3n) is 5.53. The second kappa shape index (κ2) is 9.76. The number of hydrogen-bond acceptors (Lipinski definition) is 6. The number of nitrogens with zero attached hydrogens (tertiary/aromatic N) is 2. The van der Waals surface area contributed by atoms with Gasteiger partial charge in [0, 0.05) is 23.2 Å². The van der Waals surface area contributed by atoms with Gasteiger partial charge in [-0.25, -0.2) is 10.9 Å². The lowest BCUT2D eigenvalue weighted by atomic mass is 10.1. The summed E-state index contributed by atoms with van der Waals surface area (Å²) < 4.78 is 5.98. The Labute approximate surface area is 186 Å². The summed E-state index contributed by atoms with van der Waals surface area (Å²) >= 11 is 0. The second-order valence-electron chi connectivity index (χ2n) is 7.86. The lowest BCUT2D eigenvalue weighted by Gasteiger charge is -2.34. The van der Waals surface area contributed by atoms with E-state index < -0.39 is 11.9 Å². The van der Waals surface area contributed by atoms with Crippen molar-refractivity contribution in [3.8, 4) is 5.75 Å². The van der Waals surface area contributed by atoms with E-state index in [0.717, 1.165) is 34.1 Å². The highest BCUT2D eigenvalue weighted by Crippen LogP contribution is 2.21. The summed E-state index contributed by atoms with van der Waals surface area (Å²) in [6.45, 7) is 2.99. The first-order valence-corrected chi connectivity index (χ1v) is 10.6. The molecule has 0 radical (unpaired) electrons. The van der Waals surface area contributed by atoms with E-state index in [4.69, 9.17) is 9.94 Å². The predicted molar refractivity (Wildman–Crippen MR) is 119 cm³/mol. The number of nitrogens with one attached hydrogen (secondary N) is 2. The van der Waals surface area contributed by atoms with Crippen LogP contribution in [0.25, 0.3) is 10.9 Å². The molecule has 8 nitrogen and oxygen atoms in total. The maximum atomic E-state index is 12.7. The van der Waals surface area contributed by atoms with Crippen molar-refractivity contribution >= 4 is 22.7 Å². The maximum Gasteiger partial charge on any atom is 0.267 e. The largest absolute Gasteiger partial charge is 0.489 e. The van der Waals surface area contributed by atoms with Crippen molar-refractivity contribution in [3.63, 3.8) is 0 Å². The average molecular weight is 434 g/mol. The highest BCUT2D eigenvalue weighted by atomic mass is 16.5. The smallest absolute Gasteiger partial charge is 0.267 e. The van der Waals surface area contributed by atoms with Crippen LogP contribution in [0.1, 0.15) is 29.7 Å². The Morgan fingerprint density at radius 3 is 2.78 bits per heavy atom. The van der Waals surface area contributed by atoms with Crippen molar-refractivity contribution in [2.75, 3.05) is 6.54 Å². The highest BCUT2D eigenvalue weighted by molar-refractivity contribution is 5.87. The summed E-state index contributed by atoms with van der Waals surface area (Å²) in [7, 11) is 0. The minimum absolute atomic E-state index is 0.136. The SMILES string of the molecule is Cc1cc(COc2ccc(CC(=O)N3NCCC[C@@H]3C(=O)NO)cc2)c2ccccc2n1. The molecule has 2 aromatic carbocycles. The number of ether oxygens (including phenoxy) is 1. The van der Waals surface area contributed by atoms with Crippen molar-refractivity contribution in [2.24, 2.45) is 0 Å². The molecular formula is C24H26N4O4. The fourth-order valence-corrected chi connectivity index (χ4v) is 3.96. The fourth-order valence-electron chi connectivity index (χ4n) is 3.96. The quantitative estimate of drug-likeness (QED) is 0.407. The summed E-state index contributed by atoms with van der Waals surface area (Å²) in [4.78, 5) is 29.1. The summed E-state index contributed by atoms with van der Waals surface area (Å²) in [5, 5.41) is 11.3. The van der Waals surface area contributed by atoms with Gasteiger partial charge in [0.15, 0.2) is 0 Å². The molecule has 0 aliphatic carbocycles. The van der Waals surface area contributed by atoms with Crippen LogP contribution in [0, 0.1) is 6.92 Å². The van der Waals surface area contributed by atoms with Gasteiger partial charge in [0.1, 0.15) is 18.4 Å². The number of rotatable bonds is 6. The Morgan fingerprint density at radius 1 is 1.22 bits per heavy atom. The number of benzene rings is 2. The lowest BCUT2D eigenvalue weighted by Crippen LogP contribution is -2.58. The van der Waals surface area contributed by atoms with Crippen LogP contribution in [0.2, 0.25) is 0 Å². The van der Waals surface area contributed by atoms with Crippen LogP contribution >= 0.6 is 0 Å². The van der Waals surface area contributed by atoms with Gasteiger partial charge in [0.05, 0.1) is 11.9 Å². The van der Waals surface area contributed by atoms with E-state index in [1.807, 2.05) is 61.5 Å². The molecule has 1 aliphatic heterocycles. The van der Waals surface area contributed by atoms with Crippen molar-refractivity contribution in [2.45, 2.75) is 38.8 Å². The number of aromatic nitrogens is 1. The molecular weight excluding hydrogens is 408 g/mol. The first kappa shape index (κ1) is 21.7. The number of amides is 2. The van der Waals surface area contributed by atoms with Gasteiger partial charge in [-0.2, -0.15) is 0 Å². The van der Waals surface area contributed by atoms with Crippen LogP contribution in [-0.4, -0.2) is 39.6 Å². The van der Waals surface area contributed by atoms with Crippen molar-refractivity contribution in [3.05, 3.63) is 71.4 Å². The number of hydrogen-bond donors (Lipinski definition) is 3. The molecule has 2 heterocycles. The van der Waals surface area contributed by atoms with Gasteiger partial charge in [-0.1, -0.05) is 30.3 Å². The molecule has 8 heteroatoms. The Bertz CT molecular complexity index is 1120. The van der Waals surface area contributed by atoms with Gasteiger partial charge < -0.3 is 4.74 Å². The third-order valence-corrected chi connectivity index (χ3v) is 5.53. The molecule has 2 amide bonds. The lowest BCUT2D eigenvalue weighted by molar-refractivity contribution is -0.149. The van der Waals surface area contributed by atoms with E-state index in [9.17, 15) is 9.59 Å². The predicted octanol–water partition coefficient (Wildman–Crippen LogP) is 2.67. The summed E-state index contributed by atoms with van der Waals surface area (Å²) in [6, 6.07) is 16.6. The van der Waals surface area contributed by atoms with Gasteiger partial charge in [-0.3, -0.25) is 24.8 Å². The molecule has 4 rings (SSSR count). The van der Waals surface area contributed by atoms with Crippen LogP contribution in [0.3, 0.4) is 0 Å². The van der Waals surface area contributed by atoms with E-state index >= 15 is 0 Å². The summed E-state index contributed by atoms with van der Waals surface area (Å²) in [5.74, 6) is -0.118. The average Bonchev–Trinajstić information content (AvgIpc) is 2.82. The van der Waals surface area contributed by atoms with E-state index in [2.05, 4.69) is 10.4 Å². The molecule has 0 bridgehead atoms. The first-order chi connectivity index (χ1) is 15.5. The molecule has 1 saturated heterocycles. The number of pyridine rings is 1. The normalized spacial score (nSPS) is 16.1. The molecule has 166 valence electrons. The van der Waals surface area contributed by atoms with E-state index in [-0.39, 0.29) is 12.3 Å². The Morgan fingerprint density at radius 2 is 2.00 bits per heavy atom. The number of para-hydroxylation sites is 1. The first-order valence-electron chi connectivity index (χ1n) is 10.6. The Hall–Kier alpha value is -3.49. The number of aryl methyl sites for hydroxylation is 1. The fraction of sp³-hybridized carbons (Fsp3) is 0.292. The molecule has 0 spiro atoms. The van der Waals surface area contributed by atoms with Crippen LogP contribution in [-0.2, 0) is 22.6 Å². The van der Waals surface area contributed by atoms with E-state index in [1.165, 1.54) is 5.01 Å². The van der Waals surface area contributed by atoms with Gasteiger partial charge in [0.2, 0.25) is 5.91 Å². The zero-order valence-electron chi connectivity index (χ0n) is 17.9. The van der Waals surface area contributed by atoms with Crippen LogP contribution in [0.4, 0.5) is 0 Å². The molecule has 32 heavy (non-hydrogen) atoms. The summed E-state index contributed by atoms with van der Waals surface area (Å²) in [6.07, 6.45) is 1.39. The minimum Gasteiger partial charge on any atom is -0.489 e. The second-order valence-corrected chi connectivity index (χ2v) is 7.86. The minimum atomic E-state index is -0.720. The van der Waals surface area contributed by atoms with Crippen LogP contribution < -0.4 is 15.6 Å². The third kappa shape index (κ3) is 4.87. The molecule has 0 unspecified atom stereocenters. The molecule has 1 aliphatic rings. The highest BCUT2D eigenvalue weighted by Gasteiger charge is 2.32. The van der Waals surface area contributed by atoms with Crippen molar-refractivity contribution in [1.82, 2.24) is 20.9 Å². The zero-order chi connectivity index (χ0) is 22.5. The number of carbonyl (C=O) groups excluding carboxylic acids is 2. The van der Waals surface area contributed by atoms with Crippen LogP contribution in [0.15, 0.2) is 54.6 Å². The standard InChI is InChI=1S/C24H26N4O4/c1-16-13-18(20-5-2-3-6-21(20)26-16)15-32-19-10-8-17(9-11-19)14-23(29)28-22(24(30)27-31)7-4-12-25-28/h2-3,5-6,8-11,13,22,25,31H,4,7,12,14-15H2,1H3,(H,27,30)/t22-/m1/s1. The number of carbonyl (C=O) groups is 2. The van der Waals surface area contributed by atoms with E-state index in [0.29, 0.717) is 25.3 Å². The Kier molecular flexibility index (Phi) is 6.63. The topological polar surface area (TPSA) is 104 Å². The van der Waals surface area contributed by atoms with Gasteiger partial charge in [0.25, 0.3) is 5.91 Å². The van der Waals surface area contributed by atoms with Crippen LogP contribution in [0.5, 0.6) is 5.75 Å². The number of hydrazine groups is 1. The van der Waals surface area contributed by atoms with Crippen molar-refractivity contribution in [1.29, 1.82) is 0 Å². The van der Waals surface area contributed by atoms with Gasteiger partial charge in [-0.05, 0) is 49.6 Å². The Balaban J connectivity index is 1.39. The molecule has 1 atom stereocenters. The zero-order valence-corrected chi connectivity index (χ0v) is 17.9. The van der Waals surface area contributed by atoms with E-state index in [1.54, 1.807) is 5.48 Å². The molecule has 0 saturated carbocycles. The molecule has 1 aromatic heterocycles. The van der Waals surface area contributed by atoms with Gasteiger partial charge >= 0.3 is 0 Å². The van der Waals surface area contributed by atoms with Gasteiger partial charge in [-0.15, -0.1) is 0 Å². The molecule has 1 fully saturated rings. The number of hydroxylamine groups is 1. The monoisotopic (exact) mass is 434 g/mol. The van der Waals surface area contributed by atoms with Crippen molar-refractivity contribution < 1.29 is 19.5 Å². The maximum absolute atomic E-state index is 12.7.